The number of benzene rings is 1. The van der Waals surface area contributed by atoms with Gasteiger partial charge in [0.1, 0.15) is 0 Å². The summed E-state index contributed by atoms with van der Waals surface area (Å²) in [6.07, 6.45) is -13.3. The van der Waals surface area contributed by atoms with Gasteiger partial charge in [-0.2, -0.15) is 26.3 Å². The molecule has 0 fully saturated rings. The Morgan fingerprint density at radius 2 is 1.26 bits per heavy atom. The zero-order valence-electron chi connectivity index (χ0n) is 10.4. The summed E-state index contributed by atoms with van der Waals surface area (Å²) in [6.45, 7) is 0. The van der Waals surface area contributed by atoms with Crippen molar-refractivity contribution in [3.8, 4) is 0 Å². The smallest absolute Gasteiger partial charge is 0.218 e. The van der Waals surface area contributed by atoms with E-state index < -0.39 is 39.4 Å². The normalized spacial score (nSPS) is 14.3. The van der Waals surface area contributed by atoms with Crippen molar-refractivity contribution in [1.82, 2.24) is 0 Å². The van der Waals surface area contributed by atoms with Gasteiger partial charge in [0.2, 0.25) is 0 Å². The molecule has 0 bridgehead atoms. The second kappa shape index (κ2) is 6.99. The molecule has 0 nitrogen and oxygen atoms in total. The van der Waals surface area contributed by atoms with E-state index in [1.807, 2.05) is 0 Å². The number of hydrogen-bond donors (Lipinski definition) is 0. The Kier molecular flexibility index (Phi) is 6.72. The van der Waals surface area contributed by atoms with Crippen LogP contribution in [-0.2, 0) is 12.1 Å². The van der Waals surface area contributed by atoms with Crippen LogP contribution in [0.5, 0.6) is 0 Å². The van der Waals surface area contributed by atoms with Crippen molar-refractivity contribution in [2.75, 3.05) is 0 Å². The molecule has 0 heterocycles. The van der Waals surface area contributed by atoms with Crippen LogP contribution in [0.15, 0.2) is 12.1 Å². The quantitative estimate of drug-likeness (QED) is 0.186. The molecule has 1 aromatic carbocycles. The van der Waals surface area contributed by atoms with Crippen molar-refractivity contribution in [2.24, 2.45) is 0 Å². The molecule has 0 aliphatic rings. The van der Waals surface area contributed by atoms with Gasteiger partial charge in [0, 0.05) is 19.1 Å². The lowest BCUT2D eigenvalue weighted by molar-refractivity contribution is -0.348. The number of halogens is 12. The second-order valence-electron chi connectivity index (χ2n) is 4.36. The van der Waals surface area contributed by atoms with Crippen molar-refractivity contribution in [3.63, 3.8) is 0 Å². The molecule has 0 spiro atoms. The van der Waals surface area contributed by atoms with Gasteiger partial charge in [-0.15, -0.1) is 0 Å². The fourth-order valence-electron chi connectivity index (χ4n) is 1.76. The molecular weight excluding hydrogens is 625 g/mol. The van der Waals surface area contributed by atoms with E-state index in [0.29, 0.717) is 6.07 Å². The molecule has 132 valence electrons. The summed E-state index contributed by atoms with van der Waals surface area (Å²) in [5.74, 6) is 0. The third-order valence-corrected chi connectivity index (χ3v) is 4.68. The van der Waals surface area contributed by atoms with Crippen LogP contribution < -0.4 is 0 Å². The predicted octanol–water partition coefficient (Wildman–Crippen LogP) is 7.10. The van der Waals surface area contributed by atoms with Gasteiger partial charge in [-0.25, -0.2) is 4.39 Å². The molecule has 12 heteroatoms. The minimum atomic E-state index is -6.24. The Morgan fingerprint density at radius 1 is 0.826 bits per heavy atom. The van der Waals surface area contributed by atoms with Gasteiger partial charge in [0.15, 0.2) is 3.79 Å². The molecule has 0 N–H and O–H groups in total. The molecule has 0 atom stereocenters. The maximum Gasteiger partial charge on any atom is 0.435 e. The summed E-state index contributed by atoms with van der Waals surface area (Å²) in [4.78, 5) is 0. The van der Waals surface area contributed by atoms with Crippen molar-refractivity contribution in [3.05, 3.63) is 30.4 Å². The van der Waals surface area contributed by atoms with Crippen LogP contribution in [-0.4, -0.2) is 16.1 Å². The van der Waals surface area contributed by atoms with Crippen molar-refractivity contribution in [2.45, 2.75) is 28.2 Å². The Morgan fingerprint density at radius 3 is 1.61 bits per heavy atom. The van der Waals surface area contributed by atoms with Crippen LogP contribution in [0.4, 0.5) is 30.7 Å². The average Bonchev–Trinajstić information content (AvgIpc) is 2.26. The lowest BCUT2D eigenvalue weighted by Gasteiger charge is -2.33. The van der Waals surface area contributed by atoms with Crippen LogP contribution in [0.3, 0.4) is 0 Å². The van der Waals surface area contributed by atoms with Crippen molar-refractivity contribution in [1.29, 1.82) is 0 Å². The molecule has 0 unspecified atom stereocenters. The van der Waals surface area contributed by atoms with Crippen molar-refractivity contribution < 1.29 is 30.7 Å². The molecule has 0 aliphatic heterocycles. The highest BCUT2D eigenvalue weighted by Gasteiger charge is 2.74. The van der Waals surface area contributed by atoms with Crippen LogP contribution in [0.2, 0.25) is 0 Å². The Hall–Kier alpha value is 1.06. The SMILES string of the molecule is FC(F)(F)C(F)(c1cc(I)cc(I)c1CC(Cl)(Cl)Cl)C(F)(F)F. The molecule has 0 radical (unpaired) electrons. The maximum absolute atomic E-state index is 14.3. The van der Waals surface area contributed by atoms with Gasteiger partial charge >= 0.3 is 18.0 Å². The van der Waals surface area contributed by atoms with E-state index in [0.717, 1.165) is 0 Å². The van der Waals surface area contributed by atoms with E-state index >= 15 is 0 Å². The van der Waals surface area contributed by atoms with E-state index in [-0.39, 0.29) is 7.14 Å². The van der Waals surface area contributed by atoms with E-state index in [4.69, 9.17) is 34.8 Å². The topological polar surface area (TPSA) is 0 Å². The van der Waals surface area contributed by atoms with Crippen LogP contribution in [0, 0.1) is 7.14 Å². The molecular formula is C11H4Cl3F7I2. The molecule has 0 amide bonds. The first-order valence-corrected chi connectivity index (χ1v) is 8.67. The highest BCUT2D eigenvalue weighted by molar-refractivity contribution is 14.1. The summed E-state index contributed by atoms with van der Waals surface area (Å²) in [5.41, 5.74) is -7.87. The van der Waals surface area contributed by atoms with E-state index in [1.165, 1.54) is 51.2 Å². The van der Waals surface area contributed by atoms with Gasteiger partial charge in [0.25, 0.3) is 0 Å². The molecule has 23 heavy (non-hydrogen) atoms. The summed E-state index contributed by atoms with van der Waals surface area (Å²) in [7, 11) is 0. The Labute approximate surface area is 168 Å². The van der Waals surface area contributed by atoms with Gasteiger partial charge in [-0.05, 0) is 62.9 Å². The lowest BCUT2D eigenvalue weighted by Crippen LogP contribution is -2.51. The van der Waals surface area contributed by atoms with Crippen LogP contribution in [0.1, 0.15) is 11.1 Å². The fourth-order valence-corrected chi connectivity index (χ4v) is 4.19. The van der Waals surface area contributed by atoms with Gasteiger partial charge in [0.05, 0.1) is 0 Å². The minimum absolute atomic E-state index is 0.0226. The summed E-state index contributed by atoms with van der Waals surface area (Å²) >= 11 is 19.4. The van der Waals surface area contributed by atoms with Gasteiger partial charge in [-0.1, -0.05) is 34.8 Å². The zero-order chi connectivity index (χ0) is 18.4. The summed E-state index contributed by atoms with van der Waals surface area (Å²) in [5, 5.41) is 0. The second-order valence-corrected chi connectivity index (χ2v) is 9.28. The first kappa shape index (κ1) is 22.1. The van der Waals surface area contributed by atoms with E-state index in [2.05, 4.69) is 0 Å². The average molecular weight is 629 g/mol. The first-order chi connectivity index (χ1) is 10.0. The minimum Gasteiger partial charge on any atom is -0.218 e. The standard InChI is InChI=1S/C11H4Cl3F7I2/c12-8(13,14)3-5-6(1-4(22)2-7(5)23)9(15,10(16,17)18)11(19,20)21/h1-2H,3H2. The number of rotatable bonds is 2. The van der Waals surface area contributed by atoms with E-state index in [1.54, 1.807) is 0 Å². The Bertz CT molecular complexity index is 579. The maximum atomic E-state index is 14.3. The molecule has 1 rings (SSSR count). The molecule has 0 saturated carbocycles. The highest BCUT2D eigenvalue weighted by atomic mass is 127. The Balaban J connectivity index is 3.80. The molecule has 0 saturated heterocycles. The highest BCUT2D eigenvalue weighted by Crippen LogP contribution is 2.55. The molecule has 1 aromatic rings. The zero-order valence-corrected chi connectivity index (χ0v) is 17.0. The predicted molar refractivity (Wildman–Crippen MR) is 90.8 cm³/mol. The van der Waals surface area contributed by atoms with Crippen LogP contribution in [0.25, 0.3) is 0 Å². The number of hydrogen-bond acceptors (Lipinski definition) is 0. The van der Waals surface area contributed by atoms with E-state index in [9.17, 15) is 30.7 Å². The van der Waals surface area contributed by atoms with Gasteiger partial charge < -0.3 is 0 Å². The van der Waals surface area contributed by atoms with Crippen molar-refractivity contribution >= 4 is 80.0 Å². The first-order valence-electron chi connectivity index (χ1n) is 5.38. The lowest BCUT2D eigenvalue weighted by atomic mass is 9.89. The molecule has 0 aromatic heterocycles. The molecule has 0 aliphatic carbocycles. The largest absolute Gasteiger partial charge is 0.435 e. The fraction of sp³-hybridized carbons (Fsp3) is 0.455. The van der Waals surface area contributed by atoms with Crippen LogP contribution >= 0.6 is 80.0 Å². The number of alkyl halides is 10. The third-order valence-electron chi connectivity index (χ3n) is 2.69. The monoisotopic (exact) mass is 628 g/mol. The summed E-state index contributed by atoms with van der Waals surface area (Å²) < 4.78 is 89.8. The van der Waals surface area contributed by atoms with Gasteiger partial charge in [-0.3, -0.25) is 0 Å². The third kappa shape index (κ3) is 4.82. The summed E-state index contributed by atoms with van der Waals surface area (Å²) in [6, 6.07) is 1.71.